The van der Waals surface area contributed by atoms with E-state index in [1.165, 1.54) is 22.6 Å². The zero-order valence-corrected chi connectivity index (χ0v) is 9.31. The molecule has 14 heavy (non-hydrogen) atoms. The molecule has 1 aromatic heterocycles. The number of aromatic nitrogens is 1. The van der Waals surface area contributed by atoms with Crippen LogP contribution in [0.1, 0.15) is 22.5 Å². The summed E-state index contributed by atoms with van der Waals surface area (Å²) in [6.07, 6.45) is -2.09. The Morgan fingerprint density at radius 2 is 2.14 bits per heavy atom. The molecule has 0 saturated carbocycles. The molecule has 0 atom stereocenters. The van der Waals surface area contributed by atoms with Gasteiger partial charge in [0.2, 0.25) is 0 Å². The Kier molecular flexibility index (Phi) is 3.71. The maximum Gasteiger partial charge on any atom is 0.273 e. The van der Waals surface area contributed by atoms with Gasteiger partial charge < -0.3 is 0 Å². The summed E-state index contributed by atoms with van der Waals surface area (Å²) in [4.78, 5) is 13.8. The topological polar surface area (TPSA) is 30.0 Å². The van der Waals surface area contributed by atoms with Crippen LogP contribution in [0.2, 0.25) is 0 Å². The summed E-state index contributed by atoms with van der Waals surface area (Å²) in [6, 6.07) is 0. The number of nitrogens with zero attached hydrogens (tertiary/aromatic N) is 1. The zero-order valence-electron chi connectivity index (χ0n) is 6.40. The van der Waals surface area contributed by atoms with E-state index in [0.717, 1.165) is 6.20 Å². The van der Waals surface area contributed by atoms with Crippen molar-refractivity contribution in [2.24, 2.45) is 0 Å². The van der Waals surface area contributed by atoms with Crippen LogP contribution in [0.4, 0.5) is 13.2 Å². The van der Waals surface area contributed by atoms with Crippen LogP contribution in [-0.2, 0) is 0 Å². The van der Waals surface area contributed by atoms with Gasteiger partial charge in [-0.1, -0.05) is 0 Å². The Hall–Kier alpha value is -0.370. The highest BCUT2D eigenvalue weighted by atomic mass is 127. The molecule has 0 spiro atoms. The van der Waals surface area contributed by atoms with Gasteiger partial charge in [-0.15, -0.1) is 0 Å². The van der Waals surface area contributed by atoms with Gasteiger partial charge in [0.1, 0.15) is 0 Å². The second-order valence-corrected chi connectivity index (χ2v) is 3.69. The summed E-state index contributed by atoms with van der Waals surface area (Å²) < 4.78 is 37.3. The van der Waals surface area contributed by atoms with Gasteiger partial charge in [-0.3, -0.25) is 4.79 Å². The lowest BCUT2D eigenvalue weighted by atomic mass is 10.2. The average Bonchev–Trinajstić information content (AvgIpc) is 2.08. The predicted molar refractivity (Wildman–Crippen MR) is 52.1 cm³/mol. The number of halogens is 5. The van der Waals surface area contributed by atoms with E-state index in [0.29, 0.717) is 0 Å². The molecule has 76 valence electrons. The third kappa shape index (κ3) is 2.17. The summed E-state index contributed by atoms with van der Waals surface area (Å²) in [5.41, 5.74) is -1.19. The molecule has 1 aromatic rings. The van der Waals surface area contributed by atoms with Crippen LogP contribution >= 0.6 is 34.2 Å². The van der Waals surface area contributed by atoms with Crippen LogP contribution in [-0.4, -0.2) is 10.2 Å². The molecule has 0 aliphatic heterocycles. The lowest BCUT2D eigenvalue weighted by molar-refractivity contribution is 0.107. The number of carbonyl (C=O) groups excluding carboxylic acids is 1. The van der Waals surface area contributed by atoms with Crippen molar-refractivity contribution < 1.29 is 18.0 Å². The first kappa shape index (κ1) is 11.7. The maximum absolute atomic E-state index is 13.2. The van der Waals surface area contributed by atoms with Gasteiger partial charge in [0, 0.05) is 6.20 Å². The largest absolute Gasteiger partial charge is 0.274 e. The van der Waals surface area contributed by atoms with E-state index in [-0.39, 0.29) is 3.57 Å². The van der Waals surface area contributed by atoms with E-state index < -0.39 is 28.7 Å². The van der Waals surface area contributed by atoms with E-state index in [4.69, 9.17) is 11.6 Å². The first-order valence-electron chi connectivity index (χ1n) is 3.27. The molecule has 2 nitrogen and oxygen atoms in total. The summed E-state index contributed by atoms with van der Waals surface area (Å²) >= 11 is 6.35. The highest BCUT2D eigenvalue weighted by molar-refractivity contribution is 14.1. The van der Waals surface area contributed by atoms with Crippen LogP contribution in [0.5, 0.6) is 0 Å². The van der Waals surface area contributed by atoms with Crippen LogP contribution in [0, 0.1) is 9.39 Å². The summed E-state index contributed by atoms with van der Waals surface area (Å²) in [7, 11) is 0. The molecule has 0 saturated heterocycles. The standard InChI is InChI=1S/C7H2ClF3INO/c8-6(14)5-3(9)4(12)2(1-13-5)7(10)11/h1,7H. The second kappa shape index (κ2) is 4.43. The number of pyridine rings is 1. The van der Waals surface area contributed by atoms with Crippen molar-refractivity contribution in [2.75, 3.05) is 0 Å². The molecule has 0 radical (unpaired) electrons. The molecule has 1 rings (SSSR count). The zero-order chi connectivity index (χ0) is 10.9. The quantitative estimate of drug-likeness (QED) is 0.614. The van der Waals surface area contributed by atoms with Gasteiger partial charge in [0.15, 0.2) is 11.5 Å². The first-order valence-corrected chi connectivity index (χ1v) is 4.72. The molecule has 0 N–H and O–H groups in total. The van der Waals surface area contributed by atoms with E-state index >= 15 is 0 Å². The van der Waals surface area contributed by atoms with Crippen LogP contribution in [0.15, 0.2) is 6.20 Å². The predicted octanol–water partition coefficient (Wildman–Crippen LogP) is 3.14. The second-order valence-electron chi connectivity index (χ2n) is 2.26. The van der Waals surface area contributed by atoms with Crippen LogP contribution in [0.25, 0.3) is 0 Å². The molecular formula is C7H2ClF3INO. The summed E-state index contributed by atoms with van der Waals surface area (Å²) in [5.74, 6) is -1.11. The van der Waals surface area contributed by atoms with E-state index in [9.17, 15) is 18.0 Å². The van der Waals surface area contributed by atoms with Crippen molar-refractivity contribution in [1.82, 2.24) is 4.98 Å². The number of hydrogen-bond donors (Lipinski definition) is 0. The Morgan fingerprint density at radius 3 is 2.57 bits per heavy atom. The van der Waals surface area contributed by atoms with Gasteiger partial charge >= 0.3 is 0 Å². The SMILES string of the molecule is O=C(Cl)c1ncc(C(F)F)c(I)c1F. The van der Waals surface area contributed by atoms with Gasteiger partial charge in [-0.05, 0) is 34.2 Å². The molecule has 0 aliphatic carbocycles. The third-order valence-electron chi connectivity index (χ3n) is 1.41. The highest BCUT2D eigenvalue weighted by Crippen LogP contribution is 2.27. The highest BCUT2D eigenvalue weighted by Gasteiger charge is 2.21. The lowest BCUT2D eigenvalue weighted by Gasteiger charge is -2.05. The molecule has 0 aliphatic rings. The van der Waals surface area contributed by atoms with Gasteiger partial charge in [0.25, 0.3) is 11.7 Å². The van der Waals surface area contributed by atoms with Crippen LogP contribution in [0.3, 0.4) is 0 Å². The van der Waals surface area contributed by atoms with Crippen molar-refractivity contribution in [3.8, 4) is 0 Å². The Balaban J connectivity index is 3.33. The van der Waals surface area contributed by atoms with Gasteiger partial charge in [-0.2, -0.15) is 0 Å². The Labute approximate surface area is 95.6 Å². The number of hydrogen-bond acceptors (Lipinski definition) is 2. The summed E-state index contributed by atoms with van der Waals surface area (Å²) in [6.45, 7) is 0. The minimum Gasteiger partial charge on any atom is -0.274 e. The minimum atomic E-state index is -2.83. The van der Waals surface area contributed by atoms with E-state index in [2.05, 4.69) is 4.98 Å². The molecule has 0 bridgehead atoms. The molecule has 0 unspecified atom stereocenters. The first-order chi connectivity index (χ1) is 6.45. The smallest absolute Gasteiger partial charge is 0.273 e. The summed E-state index contributed by atoms with van der Waals surface area (Å²) in [5, 5.41) is -1.11. The van der Waals surface area contributed by atoms with Crippen LogP contribution < -0.4 is 0 Å². The van der Waals surface area contributed by atoms with E-state index in [1.54, 1.807) is 0 Å². The van der Waals surface area contributed by atoms with Gasteiger partial charge in [0.05, 0.1) is 9.13 Å². The molecule has 7 heteroatoms. The van der Waals surface area contributed by atoms with Crippen molar-refractivity contribution >= 4 is 39.4 Å². The minimum absolute atomic E-state index is 0.336. The van der Waals surface area contributed by atoms with Crippen molar-refractivity contribution in [1.29, 1.82) is 0 Å². The lowest BCUT2D eigenvalue weighted by Crippen LogP contribution is -2.05. The Morgan fingerprint density at radius 1 is 1.57 bits per heavy atom. The normalized spacial score (nSPS) is 10.7. The van der Waals surface area contributed by atoms with Gasteiger partial charge in [-0.25, -0.2) is 18.2 Å². The number of alkyl halides is 2. The molecular weight excluding hydrogens is 333 g/mol. The van der Waals surface area contributed by atoms with Crippen molar-refractivity contribution in [3.63, 3.8) is 0 Å². The molecule has 0 fully saturated rings. The van der Waals surface area contributed by atoms with Crippen molar-refractivity contribution in [2.45, 2.75) is 6.43 Å². The average molecular weight is 335 g/mol. The molecule has 0 aromatic carbocycles. The monoisotopic (exact) mass is 335 g/mol. The molecule has 0 amide bonds. The number of carbonyl (C=O) groups is 1. The van der Waals surface area contributed by atoms with E-state index in [1.807, 2.05) is 0 Å². The fraction of sp³-hybridized carbons (Fsp3) is 0.143. The fourth-order valence-corrected chi connectivity index (χ4v) is 1.53. The number of rotatable bonds is 2. The molecule has 1 heterocycles. The third-order valence-corrected chi connectivity index (χ3v) is 2.68. The van der Waals surface area contributed by atoms with Crippen molar-refractivity contribution in [3.05, 3.63) is 26.8 Å². The fourth-order valence-electron chi connectivity index (χ4n) is 0.767. The maximum atomic E-state index is 13.2. The Bertz CT molecular complexity index is 385.